The van der Waals surface area contributed by atoms with Gasteiger partial charge in [0.1, 0.15) is 5.75 Å². The Morgan fingerprint density at radius 3 is 2.30 bits per heavy atom. The number of aryl methyl sites for hydroxylation is 2. The molecule has 1 aliphatic carbocycles. The quantitative estimate of drug-likeness (QED) is 0.128. The molecule has 1 saturated heterocycles. The Kier molecular flexibility index (Phi) is 12.1. The number of aromatic hydroxyl groups is 1. The van der Waals surface area contributed by atoms with Crippen molar-refractivity contribution in [2.75, 3.05) is 10.2 Å². The summed E-state index contributed by atoms with van der Waals surface area (Å²) in [6.07, 6.45) is -0.289. The lowest BCUT2D eigenvalue weighted by Gasteiger charge is -2.18. The average Bonchev–Trinajstić information content (AvgIpc) is 4.06. The van der Waals surface area contributed by atoms with E-state index in [1.807, 2.05) is 56.3 Å². The van der Waals surface area contributed by atoms with Gasteiger partial charge in [-0.1, -0.05) is 73.3 Å². The van der Waals surface area contributed by atoms with E-state index in [1.165, 1.54) is 57.4 Å². The number of aromatic nitrogens is 8. The highest BCUT2D eigenvalue weighted by molar-refractivity contribution is 8.00. The van der Waals surface area contributed by atoms with Crippen LogP contribution in [0.25, 0.3) is 16.5 Å². The predicted molar refractivity (Wildman–Crippen MR) is 234 cm³/mol. The van der Waals surface area contributed by atoms with Crippen LogP contribution in [0, 0.1) is 12.8 Å². The van der Waals surface area contributed by atoms with Gasteiger partial charge in [-0.3, -0.25) is 19.3 Å². The third-order valence-corrected chi connectivity index (χ3v) is 13.8. The van der Waals surface area contributed by atoms with Crippen molar-refractivity contribution in [2.45, 2.75) is 71.6 Å². The molecule has 1 aliphatic heterocycles. The van der Waals surface area contributed by atoms with Crippen molar-refractivity contribution in [1.82, 2.24) is 40.4 Å². The smallest absolute Gasteiger partial charge is 0.259 e. The third-order valence-electron chi connectivity index (χ3n) is 10.6. The molecule has 3 unspecified atom stereocenters. The number of aliphatic hydroxyl groups is 1. The Morgan fingerprint density at radius 1 is 0.905 bits per heavy atom. The number of nitrogens with zero attached hydrogens (tertiary/aromatic N) is 9. The number of anilines is 2. The Labute approximate surface area is 368 Å². The van der Waals surface area contributed by atoms with Gasteiger partial charge in [0, 0.05) is 40.1 Å². The minimum Gasteiger partial charge on any atom is -0.506 e. The van der Waals surface area contributed by atoms with Gasteiger partial charge in [0.05, 0.1) is 27.9 Å². The molecular formula is C42H39N11O7S3. The van der Waals surface area contributed by atoms with Gasteiger partial charge in [0.25, 0.3) is 5.91 Å². The van der Waals surface area contributed by atoms with Crippen molar-refractivity contribution in [2.24, 2.45) is 11.1 Å². The SMILES string of the molecule is CC1CC(=O)N(c2cccc3c2CC(Sc2nnnn2-c2ccc(S(N)(=O)=O)cc2)C3O)C1=O.CCn1nnnc1Sc1cc(C(=O)Nc2ccccc2C)c(O)c2ccccc12. The Balaban J connectivity index is 0.000000175. The minimum absolute atomic E-state index is 0.0342. The number of fused-ring (bicyclic) bond motifs is 2. The van der Waals surface area contributed by atoms with E-state index in [0.29, 0.717) is 51.3 Å². The zero-order valence-electron chi connectivity index (χ0n) is 33.9. The molecule has 5 aromatic carbocycles. The van der Waals surface area contributed by atoms with Crippen LogP contribution in [0.2, 0.25) is 0 Å². The number of hydrogen-bond acceptors (Lipinski definition) is 15. The van der Waals surface area contributed by atoms with Crippen LogP contribution in [0.3, 0.4) is 0 Å². The molecule has 3 atom stereocenters. The first kappa shape index (κ1) is 43.1. The molecule has 18 nitrogen and oxygen atoms in total. The topological polar surface area (TPSA) is 254 Å². The number of primary sulfonamides is 1. The van der Waals surface area contributed by atoms with E-state index in [1.54, 1.807) is 41.9 Å². The number of imide groups is 1. The molecule has 3 amide bonds. The molecule has 1 fully saturated rings. The van der Waals surface area contributed by atoms with Gasteiger partial charge in [-0.2, -0.15) is 4.68 Å². The van der Waals surface area contributed by atoms with E-state index in [2.05, 4.69) is 36.4 Å². The van der Waals surface area contributed by atoms with Gasteiger partial charge >= 0.3 is 0 Å². The number of carbonyl (C=O) groups is 3. The third kappa shape index (κ3) is 8.65. The molecule has 3 heterocycles. The molecular weight excluding hydrogens is 867 g/mol. The van der Waals surface area contributed by atoms with E-state index in [4.69, 9.17) is 5.14 Å². The number of nitrogens with one attached hydrogen (secondary N) is 1. The maximum absolute atomic E-state index is 13.0. The second kappa shape index (κ2) is 17.7. The fourth-order valence-corrected chi connectivity index (χ4v) is 9.98. The lowest BCUT2D eigenvalue weighted by atomic mass is 10.0. The number of thioether (sulfide) groups is 1. The van der Waals surface area contributed by atoms with Crippen molar-refractivity contribution >= 4 is 73.4 Å². The van der Waals surface area contributed by atoms with Gasteiger partial charge in [0.2, 0.25) is 32.2 Å². The Hall–Kier alpha value is -6.52. The maximum Gasteiger partial charge on any atom is 0.259 e. The standard InChI is InChI=1S/C21H20N6O5S2.C21H19N5O2S/c1-11-9-18(28)26(20(11)30)16-4-2-3-14-15(16)10-17(19(14)29)33-21-23-24-25-27(21)12-5-7-13(8-6-12)34(22,31)32;1-3-26-21(23-24-25-26)29-18-12-16(19(27)15-10-6-5-9-14(15)18)20(28)22-17-11-7-4-8-13(17)2/h2-8,11,17,19,29H,9-10H2,1H3,(H2,22,31,32);4-12,27H,3H2,1-2H3,(H,22,28). The molecule has 7 aromatic rings. The largest absolute Gasteiger partial charge is 0.506 e. The summed E-state index contributed by atoms with van der Waals surface area (Å²) >= 11 is 2.61. The van der Waals surface area contributed by atoms with E-state index < -0.39 is 16.1 Å². The van der Waals surface area contributed by atoms with Crippen LogP contribution >= 0.6 is 23.5 Å². The summed E-state index contributed by atoms with van der Waals surface area (Å²) in [5.74, 6) is -1.28. The molecule has 322 valence electrons. The van der Waals surface area contributed by atoms with E-state index in [9.17, 15) is 33.0 Å². The summed E-state index contributed by atoms with van der Waals surface area (Å²) in [6, 6.07) is 27.6. The molecule has 2 aliphatic rings. The molecule has 0 saturated carbocycles. The number of hydrogen-bond donors (Lipinski definition) is 4. The highest BCUT2D eigenvalue weighted by Gasteiger charge is 2.41. The normalized spacial score (nSPS) is 17.2. The zero-order valence-corrected chi connectivity index (χ0v) is 36.3. The number of tetrazole rings is 2. The number of sulfonamides is 1. The summed E-state index contributed by atoms with van der Waals surface area (Å²) < 4.78 is 26.1. The fourth-order valence-electron chi connectivity index (χ4n) is 7.34. The maximum atomic E-state index is 13.0. The fraction of sp³-hybridized carbons (Fsp3) is 0.214. The van der Waals surface area contributed by atoms with E-state index in [-0.39, 0.29) is 51.5 Å². The summed E-state index contributed by atoms with van der Waals surface area (Å²) in [7, 11) is -3.83. The molecule has 0 spiro atoms. The molecule has 5 N–H and O–H groups in total. The summed E-state index contributed by atoms with van der Waals surface area (Å²) in [5, 5.41) is 55.4. The van der Waals surface area contributed by atoms with Gasteiger partial charge in [-0.05, 0) is 117 Å². The lowest BCUT2D eigenvalue weighted by molar-refractivity contribution is -0.122. The summed E-state index contributed by atoms with van der Waals surface area (Å²) in [4.78, 5) is 40.0. The van der Waals surface area contributed by atoms with Crippen LogP contribution in [0.1, 0.15) is 53.4 Å². The van der Waals surface area contributed by atoms with Crippen LogP contribution in [0.4, 0.5) is 11.4 Å². The molecule has 21 heteroatoms. The number of carbonyl (C=O) groups excluding carboxylic acids is 3. The highest BCUT2D eigenvalue weighted by atomic mass is 32.2. The average molecular weight is 906 g/mol. The lowest BCUT2D eigenvalue weighted by Crippen LogP contribution is -2.31. The molecule has 0 bridgehead atoms. The second-order valence-electron chi connectivity index (χ2n) is 14.7. The van der Waals surface area contributed by atoms with Crippen molar-refractivity contribution < 1.29 is 33.0 Å². The molecule has 63 heavy (non-hydrogen) atoms. The first-order chi connectivity index (χ1) is 30.2. The molecule has 2 aromatic heterocycles. The number of rotatable bonds is 10. The van der Waals surface area contributed by atoms with Crippen molar-refractivity contribution in [3.63, 3.8) is 0 Å². The number of aliphatic hydroxyl groups excluding tert-OH is 1. The summed E-state index contributed by atoms with van der Waals surface area (Å²) in [5.41, 5.74) is 4.29. The minimum atomic E-state index is -3.83. The first-order valence-electron chi connectivity index (χ1n) is 19.5. The van der Waals surface area contributed by atoms with Crippen LogP contribution in [0.15, 0.2) is 117 Å². The van der Waals surface area contributed by atoms with Gasteiger partial charge in [0.15, 0.2) is 0 Å². The number of phenols is 1. The highest BCUT2D eigenvalue weighted by Crippen LogP contribution is 2.46. The summed E-state index contributed by atoms with van der Waals surface area (Å²) in [6.45, 7) is 6.23. The predicted octanol–water partition coefficient (Wildman–Crippen LogP) is 5.22. The van der Waals surface area contributed by atoms with E-state index >= 15 is 0 Å². The van der Waals surface area contributed by atoms with Crippen LogP contribution in [-0.2, 0) is 32.6 Å². The van der Waals surface area contributed by atoms with Crippen molar-refractivity contribution in [1.29, 1.82) is 0 Å². The van der Waals surface area contributed by atoms with E-state index in [0.717, 1.165) is 21.4 Å². The number of amides is 3. The number of nitrogens with two attached hydrogens (primary N) is 1. The first-order valence-corrected chi connectivity index (χ1v) is 22.8. The molecule has 0 radical (unpaired) electrons. The zero-order chi connectivity index (χ0) is 44.6. The van der Waals surface area contributed by atoms with Gasteiger partial charge < -0.3 is 15.5 Å². The Bertz CT molecular complexity index is 3010. The van der Waals surface area contributed by atoms with Crippen LogP contribution < -0.4 is 15.4 Å². The molecule has 9 rings (SSSR count). The van der Waals surface area contributed by atoms with Gasteiger partial charge in [-0.15, -0.1) is 10.2 Å². The monoisotopic (exact) mass is 905 g/mol. The van der Waals surface area contributed by atoms with Crippen molar-refractivity contribution in [3.05, 3.63) is 119 Å². The second-order valence-corrected chi connectivity index (χ2v) is 18.5. The number of para-hydroxylation sites is 1. The number of benzene rings is 5. The van der Waals surface area contributed by atoms with Crippen molar-refractivity contribution in [3.8, 4) is 11.4 Å². The number of phenolic OH excluding ortho intramolecular Hbond substituents is 1. The van der Waals surface area contributed by atoms with Crippen LogP contribution in [0.5, 0.6) is 5.75 Å². The van der Waals surface area contributed by atoms with Gasteiger partial charge in [-0.25, -0.2) is 18.2 Å². The van der Waals surface area contributed by atoms with Crippen LogP contribution in [-0.4, -0.2) is 82.0 Å². The Morgan fingerprint density at radius 2 is 1.60 bits per heavy atom.